The van der Waals surface area contributed by atoms with Crippen LogP contribution in [0.5, 0.6) is 0 Å². The van der Waals surface area contributed by atoms with Crippen molar-refractivity contribution < 1.29 is 9.59 Å². The van der Waals surface area contributed by atoms with Gasteiger partial charge in [-0.15, -0.1) is 0 Å². The minimum atomic E-state index is -0.490. The molecule has 3 rings (SSSR count). The molecular formula is C17H17N3O2. The highest BCUT2D eigenvalue weighted by atomic mass is 16.2. The van der Waals surface area contributed by atoms with Gasteiger partial charge < -0.3 is 10.2 Å². The van der Waals surface area contributed by atoms with Crippen molar-refractivity contribution in [3.8, 4) is 0 Å². The van der Waals surface area contributed by atoms with Gasteiger partial charge in [0.05, 0.1) is 0 Å². The molecule has 0 unspecified atom stereocenters. The van der Waals surface area contributed by atoms with Crippen molar-refractivity contribution >= 4 is 17.5 Å². The van der Waals surface area contributed by atoms with Crippen LogP contribution < -0.4 is 10.2 Å². The van der Waals surface area contributed by atoms with Crippen molar-refractivity contribution in [3.05, 3.63) is 60.4 Å². The highest BCUT2D eigenvalue weighted by molar-refractivity contribution is 6.04. The third-order valence-electron chi connectivity index (χ3n) is 3.84. The topological polar surface area (TPSA) is 62.3 Å². The number of carbonyl (C=O) groups is 2. The normalized spacial score (nSPS) is 21.0. The maximum absolute atomic E-state index is 12.6. The summed E-state index contributed by atoms with van der Waals surface area (Å²) in [5.74, 6) is -0.316. The van der Waals surface area contributed by atoms with Crippen molar-refractivity contribution in [2.45, 2.75) is 25.4 Å². The van der Waals surface area contributed by atoms with Gasteiger partial charge in [-0.3, -0.25) is 14.6 Å². The van der Waals surface area contributed by atoms with Gasteiger partial charge in [-0.05, 0) is 37.6 Å². The van der Waals surface area contributed by atoms with Crippen LogP contribution in [0.2, 0.25) is 0 Å². The van der Waals surface area contributed by atoms with Crippen LogP contribution in [-0.4, -0.2) is 28.9 Å². The number of carbonyl (C=O) groups excluding carboxylic acids is 2. The summed E-state index contributed by atoms with van der Waals surface area (Å²) in [5.41, 5.74) is 1.37. The zero-order valence-corrected chi connectivity index (χ0v) is 12.3. The highest BCUT2D eigenvalue weighted by Crippen LogP contribution is 2.26. The molecule has 0 radical (unpaired) electrons. The molecule has 1 aromatic carbocycles. The molecule has 22 heavy (non-hydrogen) atoms. The van der Waals surface area contributed by atoms with Crippen LogP contribution in [0.3, 0.4) is 0 Å². The second kappa shape index (κ2) is 5.97. The molecule has 0 aliphatic carbocycles. The van der Waals surface area contributed by atoms with E-state index in [9.17, 15) is 9.59 Å². The first-order valence-electron chi connectivity index (χ1n) is 7.26. The molecule has 1 aromatic heterocycles. The molecular weight excluding hydrogens is 278 g/mol. The van der Waals surface area contributed by atoms with Gasteiger partial charge >= 0.3 is 0 Å². The molecule has 0 spiro atoms. The first-order valence-corrected chi connectivity index (χ1v) is 7.26. The summed E-state index contributed by atoms with van der Waals surface area (Å²) < 4.78 is 0. The molecule has 1 aliphatic rings. The van der Waals surface area contributed by atoms with Crippen LogP contribution in [0.4, 0.5) is 5.69 Å². The van der Waals surface area contributed by atoms with Crippen LogP contribution in [0.15, 0.2) is 54.9 Å². The Labute approximate surface area is 129 Å². The number of nitrogens with one attached hydrogen (secondary N) is 1. The summed E-state index contributed by atoms with van der Waals surface area (Å²) >= 11 is 0. The number of anilines is 1. The number of para-hydroxylation sites is 1. The molecule has 1 fully saturated rings. The highest BCUT2D eigenvalue weighted by Gasteiger charge is 2.38. The van der Waals surface area contributed by atoms with Crippen molar-refractivity contribution in [1.82, 2.24) is 10.3 Å². The Hall–Kier alpha value is -2.69. The predicted octanol–water partition coefficient (Wildman–Crippen LogP) is 2.01. The summed E-state index contributed by atoms with van der Waals surface area (Å²) in [4.78, 5) is 30.4. The van der Waals surface area contributed by atoms with Gasteiger partial charge in [0.15, 0.2) is 0 Å². The average Bonchev–Trinajstić information content (AvgIpc) is 2.83. The Kier molecular flexibility index (Phi) is 3.87. The zero-order valence-electron chi connectivity index (χ0n) is 12.3. The van der Waals surface area contributed by atoms with E-state index < -0.39 is 6.04 Å². The maximum Gasteiger partial charge on any atom is 0.252 e. The van der Waals surface area contributed by atoms with E-state index in [1.807, 2.05) is 37.3 Å². The van der Waals surface area contributed by atoms with E-state index >= 15 is 0 Å². The zero-order chi connectivity index (χ0) is 15.5. The number of hydrogen-bond donors (Lipinski definition) is 1. The Bertz CT molecular complexity index is 673. The summed E-state index contributed by atoms with van der Waals surface area (Å²) in [6.45, 7) is 1.99. The summed E-state index contributed by atoms with van der Waals surface area (Å²) in [7, 11) is 0. The van der Waals surface area contributed by atoms with Gasteiger partial charge in [-0.1, -0.05) is 18.2 Å². The molecule has 5 heteroatoms. The fraction of sp³-hybridized carbons (Fsp3) is 0.235. The van der Waals surface area contributed by atoms with Gasteiger partial charge in [0.1, 0.15) is 6.04 Å². The fourth-order valence-electron chi connectivity index (χ4n) is 2.77. The quantitative estimate of drug-likeness (QED) is 0.942. The van der Waals surface area contributed by atoms with Gasteiger partial charge in [0.2, 0.25) is 5.91 Å². The van der Waals surface area contributed by atoms with E-state index in [4.69, 9.17) is 0 Å². The summed E-state index contributed by atoms with van der Waals surface area (Å²) in [6.07, 6.45) is 3.72. The molecule has 2 heterocycles. The van der Waals surface area contributed by atoms with E-state index in [2.05, 4.69) is 10.3 Å². The molecule has 112 valence electrons. The van der Waals surface area contributed by atoms with Crippen LogP contribution in [0, 0.1) is 0 Å². The fourth-order valence-corrected chi connectivity index (χ4v) is 2.77. The van der Waals surface area contributed by atoms with Gasteiger partial charge in [-0.25, -0.2) is 0 Å². The molecule has 0 saturated carbocycles. The van der Waals surface area contributed by atoms with Crippen LogP contribution in [0.1, 0.15) is 23.7 Å². The number of benzene rings is 1. The maximum atomic E-state index is 12.6. The van der Waals surface area contributed by atoms with E-state index in [0.717, 1.165) is 5.69 Å². The first kappa shape index (κ1) is 14.3. The number of hydrogen-bond acceptors (Lipinski definition) is 3. The Morgan fingerprint density at radius 2 is 1.86 bits per heavy atom. The Morgan fingerprint density at radius 3 is 2.55 bits per heavy atom. The number of amides is 2. The first-order chi connectivity index (χ1) is 10.7. The third-order valence-corrected chi connectivity index (χ3v) is 3.84. The lowest BCUT2D eigenvalue weighted by Gasteiger charge is -2.21. The van der Waals surface area contributed by atoms with Crippen molar-refractivity contribution in [2.24, 2.45) is 0 Å². The predicted molar refractivity (Wildman–Crippen MR) is 83.5 cm³/mol. The van der Waals surface area contributed by atoms with E-state index in [1.54, 1.807) is 29.4 Å². The lowest BCUT2D eigenvalue weighted by molar-refractivity contribution is -0.118. The molecule has 2 amide bonds. The van der Waals surface area contributed by atoms with Crippen molar-refractivity contribution in [1.29, 1.82) is 0 Å². The monoisotopic (exact) mass is 295 g/mol. The minimum Gasteiger partial charge on any atom is -0.340 e. The lowest BCUT2D eigenvalue weighted by atomic mass is 10.1. The van der Waals surface area contributed by atoms with Crippen molar-refractivity contribution in [3.63, 3.8) is 0 Å². The number of nitrogens with zero attached hydrogens (tertiary/aromatic N) is 2. The van der Waals surface area contributed by atoms with Crippen LogP contribution in [0.25, 0.3) is 0 Å². The molecule has 2 atom stereocenters. The number of rotatable bonds is 3. The third kappa shape index (κ3) is 2.70. The van der Waals surface area contributed by atoms with E-state index in [-0.39, 0.29) is 17.9 Å². The SMILES string of the molecule is C[C@H]1C[C@H](NC(=O)c2ccncc2)C(=O)N1c1ccccc1. The molecule has 1 saturated heterocycles. The Balaban J connectivity index is 1.74. The minimum absolute atomic E-state index is 0.0534. The van der Waals surface area contributed by atoms with Crippen LogP contribution >= 0.6 is 0 Å². The largest absolute Gasteiger partial charge is 0.340 e. The van der Waals surface area contributed by atoms with Gasteiger partial charge in [0.25, 0.3) is 5.91 Å². The number of pyridine rings is 1. The summed E-state index contributed by atoms with van der Waals surface area (Å²) in [6, 6.07) is 12.4. The molecule has 5 nitrogen and oxygen atoms in total. The smallest absolute Gasteiger partial charge is 0.252 e. The van der Waals surface area contributed by atoms with E-state index in [1.165, 1.54) is 0 Å². The lowest BCUT2D eigenvalue weighted by Crippen LogP contribution is -2.41. The summed E-state index contributed by atoms with van der Waals surface area (Å²) in [5, 5.41) is 2.82. The van der Waals surface area contributed by atoms with E-state index in [0.29, 0.717) is 12.0 Å². The second-order valence-electron chi connectivity index (χ2n) is 5.39. The van der Waals surface area contributed by atoms with Gasteiger partial charge in [-0.2, -0.15) is 0 Å². The van der Waals surface area contributed by atoms with Crippen LogP contribution in [-0.2, 0) is 4.79 Å². The molecule has 1 aliphatic heterocycles. The number of aromatic nitrogens is 1. The molecule has 0 bridgehead atoms. The standard InChI is InChI=1S/C17H17N3O2/c1-12-11-15(19-16(21)13-7-9-18-10-8-13)17(22)20(12)14-5-3-2-4-6-14/h2-10,12,15H,11H2,1H3,(H,19,21)/t12-,15-/m0/s1. The average molecular weight is 295 g/mol. The Morgan fingerprint density at radius 1 is 1.18 bits per heavy atom. The second-order valence-corrected chi connectivity index (χ2v) is 5.39. The van der Waals surface area contributed by atoms with Crippen molar-refractivity contribution in [2.75, 3.05) is 4.90 Å². The molecule has 1 N–H and O–H groups in total. The van der Waals surface area contributed by atoms with Gasteiger partial charge in [0, 0.05) is 29.7 Å². The molecule has 2 aromatic rings.